The zero-order chi connectivity index (χ0) is 18.8. The molecule has 1 heterocycles. The van der Waals surface area contributed by atoms with Gasteiger partial charge >= 0.3 is 0 Å². The van der Waals surface area contributed by atoms with E-state index in [0.29, 0.717) is 18.2 Å². The molecule has 2 rings (SSSR count). The van der Waals surface area contributed by atoms with Crippen molar-refractivity contribution in [2.75, 3.05) is 13.6 Å². The molecule has 0 bridgehead atoms. The highest BCUT2D eigenvalue weighted by atomic mass is 127. The van der Waals surface area contributed by atoms with Crippen LogP contribution in [0.1, 0.15) is 56.0 Å². The Morgan fingerprint density at radius 2 is 1.89 bits per heavy atom. The van der Waals surface area contributed by atoms with Crippen LogP contribution in [0.4, 0.5) is 0 Å². The first-order valence-electron chi connectivity index (χ1n) is 9.34. The van der Waals surface area contributed by atoms with E-state index >= 15 is 0 Å². The van der Waals surface area contributed by atoms with Gasteiger partial charge in [-0.25, -0.2) is 0 Å². The van der Waals surface area contributed by atoms with Gasteiger partial charge in [-0.15, -0.1) is 24.0 Å². The number of nitrogens with zero attached hydrogens (tertiary/aromatic N) is 2. The highest BCUT2D eigenvalue weighted by Crippen LogP contribution is 2.22. The first-order valence-corrected chi connectivity index (χ1v) is 9.34. The quantitative estimate of drug-likeness (QED) is 0.214. The lowest BCUT2D eigenvalue weighted by molar-refractivity contribution is 0.368. The van der Waals surface area contributed by atoms with Gasteiger partial charge in [0.15, 0.2) is 11.7 Å². The maximum absolute atomic E-state index is 9.30. The molecule has 1 aromatic heterocycles. The maximum atomic E-state index is 9.30. The van der Waals surface area contributed by atoms with Crippen LogP contribution >= 0.6 is 24.0 Å². The van der Waals surface area contributed by atoms with E-state index in [4.69, 9.17) is 4.52 Å². The third-order valence-electron chi connectivity index (χ3n) is 4.51. The summed E-state index contributed by atoms with van der Waals surface area (Å²) in [5.41, 5.74) is 2.24. The lowest BCUT2D eigenvalue weighted by Gasteiger charge is -2.10. The summed E-state index contributed by atoms with van der Waals surface area (Å²) in [5.74, 6) is 2.33. The van der Waals surface area contributed by atoms with E-state index < -0.39 is 0 Å². The van der Waals surface area contributed by atoms with Crippen molar-refractivity contribution in [1.29, 1.82) is 0 Å². The topological polar surface area (TPSA) is 82.7 Å². The predicted octanol–water partition coefficient (Wildman–Crippen LogP) is 4.20. The van der Waals surface area contributed by atoms with Crippen LogP contribution in [0, 0.1) is 0 Å². The van der Waals surface area contributed by atoms with Gasteiger partial charge in [0, 0.05) is 25.6 Å². The molecule has 0 unspecified atom stereocenters. The summed E-state index contributed by atoms with van der Waals surface area (Å²) in [6.45, 7) is 5.72. The lowest BCUT2D eigenvalue weighted by atomic mass is 9.99. The average Bonchev–Trinajstić information content (AvgIpc) is 3.12. The van der Waals surface area contributed by atoms with Crippen molar-refractivity contribution >= 4 is 29.9 Å². The minimum Gasteiger partial charge on any atom is -0.508 e. The highest BCUT2D eigenvalue weighted by molar-refractivity contribution is 14.0. The molecule has 6 nitrogen and oxygen atoms in total. The van der Waals surface area contributed by atoms with Gasteiger partial charge in [0.25, 0.3) is 0 Å². The van der Waals surface area contributed by atoms with E-state index in [1.807, 2.05) is 18.2 Å². The van der Waals surface area contributed by atoms with Crippen molar-refractivity contribution in [1.82, 2.24) is 15.8 Å². The van der Waals surface area contributed by atoms with Crippen LogP contribution in [-0.2, 0) is 13.0 Å². The Morgan fingerprint density at radius 1 is 1.19 bits per heavy atom. The first-order chi connectivity index (χ1) is 12.7. The number of hydrogen-bond donors (Lipinski definition) is 3. The molecule has 150 valence electrons. The number of phenols is 1. The summed E-state index contributed by atoms with van der Waals surface area (Å²) >= 11 is 0. The van der Waals surface area contributed by atoms with Crippen LogP contribution < -0.4 is 10.6 Å². The van der Waals surface area contributed by atoms with Crippen molar-refractivity contribution in [2.24, 2.45) is 4.99 Å². The third-order valence-corrected chi connectivity index (χ3v) is 4.51. The van der Waals surface area contributed by atoms with Crippen LogP contribution in [-0.4, -0.2) is 29.8 Å². The van der Waals surface area contributed by atoms with Crippen molar-refractivity contribution in [2.45, 2.75) is 52.0 Å². The minimum atomic E-state index is 0. The summed E-state index contributed by atoms with van der Waals surface area (Å²) in [6, 6.07) is 9.36. The monoisotopic (exact) mass is 486 g/mol. The molecule has 0 saturated heterocycles. The molecule has 0 spiro atoms. The number of phenolic OH excluding ortho intramolecular Hbond substituents is 1. The Kier molecular flexibility index (Phi) is 10.8. The number of halogens is 1. The minimum absolute atomic E-state index is 0. The van der Waals surface area contributed by atoms with Crippen molar-refractivity contribution in [3.8, 4) is 5.75 Å². The van der Waals surface area contributed by atoms with Crippen LogP contribution in [0.25, 0.3) is 0 Å². The molecular formula is C20H31IN4O2. The van der Waals surface area contributed by atoms with Crippen molar-refractivity contribution < 1.29 is 9.63 Å². The zero-order valence-electron chi connectivity index (χ0n) is 16.4. The fourth-order valence-electron chi connectivity index (χ4n) is 2.86. The number of aryl methyl sites for hydroxylation is 1. The molecule has 0 aliphatic heterocycles. The molecule has 3 N–H and O–H groups in total. The summed E-state index contributed by atoms with van der Waals surface area (Å²) < 4.78 is 5.42. The molecule has 0 amide bonds. The number of hydrogen-bond acceptors (Lipinski definition) is 4. The van der Waals surface area contributed by atoms with Gasteiger partial charge < -0.3 is 20.3 Å². The number of guanidine groups is 1. The van der Waals surface area contributed by atoms with Gasteiger partial charge in [0.1, 0.15) is 5.75 Å². The predicted molar refractivity (Wildman–Crippen MR) is 120 cm³/mol. The molecule has 27 heavy (non-hydrogen) atoms. The van der Waals surface area contributed by atoms with Crippen molar-refractivity contribution in [3.63, 3.8) is 0 Å². The Labute approximate surface area is 178 Å². The van der Waals surface area contributed by atoms with E-state index in [9.17, 15) is 5.11 Å². The summed E-state index contributed by atoms with van der Waals surface area (Å²) in [6.07, 6.45) is 4.07. The number of rotatable bonds is 9. The first kappa shape index (κ1) is 23.3. The van der Waals surface area contributed by atoms with Crippen LogP contribution in [0.5, 0.6) is 5.75 Å². The average molecular weight is 486 g/mol. The molecule has 0 aliphatic rings. The zero-order valence-corrected chi connectivity index (χ0v) is 18.7. The fourth-order valence-corrected chi connectivity index (χ4v) is 2.86. The van der Waals surface area contributed by atoms with E-state index in [2.05, 4.69) is 34.6 Å². The van der Waals surface area contributed by atoms with Gasteiger partial charge in [-0.1, -0.05) is 31.1 Å². The summed E-state index contributed by atoms with van der Waals surface area (Å²) in [5, 5.41) is 20.0. The number of aliphatic imine (C=N–C) groups is 1. The number of benzene rings is 1. The Hall–Kier alpha value is -1.77. The lowest BCUT2D eigenvalue weighted by Crippen LogP contribution is -2.37. The second kappa shape index (κ2) is 12.6. The molecule has 2 aromatic rings. The van der Waals surface area contributed by atoms with E-state index in [1.165, 1.54) is 5.56 Å². The fraction of sp³-hybridized carbons (Fsp3) is 0.500. The van der Waals surface area contributed by atoms with Gasteiger partial charge in [0.2, 0.25) is 0 Å². The van der Waals surface area contributed by atoms with E-state index in [1.54, 1.807) is 19.2 Å². The maximum Gasteiger partial charge on any atom is 0.191 e. The van der Waals surface area contributed by atoms with Crippen LogP contribution in [0.15, 0.2) is 39.8 Å². The molecule has 0 aliphatic carbocycles. The van der Waals surface area contributed by atoms with Crippen LogP contribution in [0.2, 0.25) is 0 Å². The van der Waals surface area contributed by atoms with Gasteiger partial charge in [0.05, 0.1) is 12.2 Å². The molecule has 0 atom stereocenters. The van der Waals surface area contributed by atoms with Gasteiger partial charge in [-0.2, -0.15) is 0 Å². The standard InChI is InChI=1S/C20H30N4O2.HI/c1-4-16(5-2)19-13-18(26-24-19)14-23-20(21-3)22-12-6-7-15-8-10-17(25)11-9-15;/h8-11,13,16,25H,4-7,12,14H2,1-3H3,(H2,21,22,23);1H. The molecule has 7 heteroatoms. The second-order valence-electron chi connectivity index (χ2n) is 6.35. The summed E-state index contributed by atoms with van der Waals surface area (Å²) in [7, 11) is 1.76. The van der Waals surface area contributed by atoms with Gasteiger partial charge in [-0.05, 0) is 43.4 Å². The number of aromatic hydroxyl groups is 1. The normalized spacial score (nSPS) is 11.3. The Morgan fingerprint density at radius 3 is 2.52 bits per heavy atom. The van der Waals surface area contributed by atoms with Crippen molar-refractivity contribution in [3.05, 3.63) is 47.3 Å². The molecule has 0 fully saturated rings. The molecular weight excluding hydrogens is 455 g/mol. The second-order valence-corrected chi connectivity index (χ2v) is 6.35. The SMILES string of the molecule is CCC(CC)c1cc(CNC(=NC)NCCCc2ccc(O)cc2)on1.I. The van der Waals surface area contributed by atoms with Crippen LogP contribution in [0.3, 0.4) is 0 Å². The largest absolute Gasteiger partial charge is 0.508 e. The molecule has 0 saturated carbocycles. The van der Waals surface area contributed by atoms with E-state index in [0.717, 1.165) is 49.6 Å². The van der Waals surface area contributed by atoms with Gasteiger partial charge in [-0.3, -0.25) is 4.99 Å². The Bertz CT molecular complexity index is 682. The third kappa shape index (κ3) is 7.78. The number of nitrogens with one attached hydrogen (secondary N) is 2. The molecule has 0 radical (unpaired) electrons. The summed E-state index contributed by atoms with van der Waals surface area (Å²) in [4.78, 5) is 4.23. The van der Waals surface area contributed by atoms with E-state index in [-0.39, 0.29) is 24.0 Å². The smallest absolute Gasteiger partial charge is 0.191 e. The highest BCUT2D eigenvalue weighted by Gasteiger charge is 2.13. The molecule has 1 aromatic carbocycles. The Balaban J connectivity index is 0.00000364. The number of aromatic nitrogens is 1.